The molecule has 2 atom stereocenters. The highest BCUT2D eigenvalue weighted by Crippen LogP contribution is 2.31. The van der Waals surface area contributed by atoms with Crippen LogP contribution >= 0.6 is 0 Å². The highest BCUT2D eigenvalue weighted by atomic mass is 16.5. The lowest BCUT2D eigenvalue weighted by Crippen LogP contribution is -3.11. The van der Waals surface area contributed by atoms with Gasteiger partial charge in [0.05, 0.1) is 26.3 Å². The average molecular weight is 336 g/mol. The summed E-state index contributed by atoms with van der Waals surface area (Å²) < 4.78 is 10.8. The number of likely N-dealkylation sites (tertiary alicyclic amines) is 1. The molecule has 1 unspecified atom stereocenters. The van der Waals surface area contributed by atoms with Crippen molar-refractivity contribution in [1.29, 1.82) is 0 Å². The van der Waals surface area contributed by atoms with Gasteiger partial charge in [-0.2, -0.15) is 0 Å². The predicted molar refractivity (Wildman–Crippen MR) is 89.4 cm³/mol. The fourth-order valence-electron chi connectivity index (χ4n) is 3.19. The molecule has 2 rings (SSSR count). The summed E-state index contributed by atoms with van der Waals surface area (Å²) in [7, 11) is 3.27. The summed E-state index contributed by atoms with van der Waals surface area (Å²) in [5, 5.41) is 4.93. The minimum Gasteiger partial charge on any atom is -0.497 e. The Morgan fingerprint density at radius 3 is 2.75 bits per heavy atom. The maximum Gasteiger partial charge on any atom is 0.321 e. The molecule has 0 saturated carbocycles. The number of nitrogens with one attached hydrogen (secondary N) is 3. The molecule has 1 aromatic carbocycles. The van der Waals surface area contributed by atoms with E-state index in [1.165, 1.54) is 0 Å². The lowest BCUT2D eigenvalue weighted by molar-refractivity contribution is -0.910. The largest absolute Gasteiger partial charge is 0.497 e. The normalized spacial score (nSPS) is 19.6. The van der Waals surface area contributed by atoms with E-state index in [1.807, 2.05) is 18.2 Å². The van der Waals surface area contributed by atoms with E-state index in [-0.39, 0.29) is 18.5 Å². The van der Waals surface area contributed by atoms with Crippen molar-refractivity contribution in [2.75, 3.05) is 33.9 Å². The summed E-state index contributed by atoms with van der Waals surface area (Å²) in [6.07, 6.45) is 1.99. The van der Waals surface area contributed by atoms with Crippen molar-refractivity contribution in [3.63, 3.8) is 0 Å². The van der Waals surface area contributed by atoms with Crippen molar-refractivity contribution in [3.8, 4) is 11.5 Å². The van der Waals surface area contributed by atoms with E-state index in [2.05, 4.69) is 10.6 Å². The molecule has 3 amide bonds. The number of methoxy groups -OCH3 is 2. The van der Waals surface area contributed by atoms with Crippen LogP contribution in [0, 0.1) is 0 Å². The van der Waals surface area contributed by atoms with Crippen molar-refractivity contribution >= 4 is 11.9 Å². The van der Waals surface area contributed by atoms with Crippen molar-refractivity contribution in [2.24, 2.45) is 0 Å². The topological polar surface area (TPSA) is 81.1 Å². The summed E-state index contributed by atoms with van der Waals surface area (Å²) >= 11 is 0. The first-order valence-corrected chi connectivity index (χ1v) is 8.23. The highest BCUT2D eigenvalue weighted by Gasteiger charge is 2.34. The second-order valence-electron chi connectivity index (χ2n) is 5.80. The van der Waals surface area contributed by atoms with Crippen molar-refractivity contribution in [3.05, 3.63) is 23.8 Å². The Hall–Kier alpha value is -2.28. The molecule has 7 nitrogen and oxygen atoms in total. The fraction of sp³-hybridized carbons (Fsp3) is 0.529. The number of carbonyl (C=O) groups is 2. The van der Waals surface area contributed by atoms with E-state index in [0.717, 1.165) is 41.3 Å². The average Bonchev–Trinajstić information content (AvgIpc) is 3.02. The van der Waals surface area contributed by atoms with Gasteiger partial charge in [-0.05, 0) is 25.1 Å². The van der Waals surface area contributed by atoms with E-state index >= 15 is 0 Å². The van der Waals surface area contributed by atoms with Crippen LogP contribution in [0.1, 0.15) is 31.4 Å². The number of imide groups is 1. The first kappa shape index (κ1) is 18.1. The lowest BCUT2D eigenvalue weighted by Gasteiger charge is -2.23. The van der Waals surface area contributed by atoms with Gasteiger partial charge in [0.25, 0.3) is 5.91 Å². The zero-order chi connectivity index (χ0) is 17.5. The van der Waals surface area contributed by atoms with Gasteiger partial charge < -0.3 is 19.7 Å². The molecule has 24 heavy (non-hydrogen) atoms. The monoisotopic (exact) mass is 336 g/mol. The SMILES string of the molecule is CCNC(=O)NC(=O)C[NH+]1CCC[C@@H]1c1cc(OC)ccc1OC. The van der Waals surface area contributed by atoms with Crippen LogP contribution < -0.4 is 25.0 Å². The molecule has 1 heterocycles. The summed E-state index contributed by atoms with van der Waals surface area (Å²) in [6.45, 7) is 3.43. The number of carbonyl (C=O) groups excluding carboxylic acids is 2. The summed E-state index contributed by atoms with van der Waals surface area (Å²) in [5.74, 6) is 1.29. The molecule has 0 spiro atoms. The Labute approximate surface area is 142 Å². The minimum absolute atomic E-state index is 0.148. The van der Waals surface area contributed by atoms with Crippen LogP contribution in [0.25, 0.3) is 0 Å². The zero-order valence-corrected chi connectivity index (χ0v) is 14.5. The Balaban J connectivity index is 2.10. The summed E-state index contributed by atoms with van der Waals surface area (Å²) in [6, 6.07) is 5.42. The van der Waals surface area contributed by atoms with E-state index < -0.39 is 6.03 Å². The van der Waals surface area contributed by atoms with Crippen LogP contribution in [0.2, 0.25) is 0 Å². The van der Waals surface area contributed by atoms with Crippen molar-refractivity contribution in [1.82, 2.24) is 10.6 Å². The number of hydrogen-bond donors (Lipinski definition) is 3. The Morgan fingerprint density at radius 1 is 1.29 bits per heavy atom. The first-order valence-electron chi connectivity index (χ1n) is 8.23. The third-order valence-electron chi connectivity index (χ3n) is 4.27. The van der Waals surface area contributed by atoms with Crippen LogP contribution in [-0.4, -0.2) is 45.8 Å². The van der Waals surface area contributed by atoms with Gasteiger partial charge >= 0.3 is 6.03 Å². The maximum atomic E-state index is 12.1. The van der Waals surface area contributed by atoms with Crippen molar-refractivity contribution in [2.45, 2.75) is 25.8 Å². The molecule has 0 bridgehead atoms. The molecule has 3 N–H and O–H groups in total. The van der Waals surface area contributed by atoms with Crippen LogP contribution in [-0.2, 0) is 4.79 Å². The number of rotatable bonds is 6. The Morgan fingerprint density at radius 2 is 2.08 bits per heavy atom. The molecule has 0 aliphatic carbocycles. The Bertz CT molecular complexity index is 591. The maximum absolute atomic E-state index is 12.1. The van der Waals surface area contributed by atoms with Crippen molar-refractivity contribution < 1.29 is 24.0 Å². The third kappa shape index (κ3) is 4.38. The molecular formula is C17H26N3O4+. The number of benzene rings is 1. The minimum atomic E-state index is -0.448. The van der Waals surface area contributed by atoms with Gasteiger partial charge in [0, 0.05) is 19.4 Å². The van der Waals surface area contributed by atoms with Crippen LogP contribution in [0.3, 0.4) is 0 Å². The molecule has 1 fully saturated rings. The smallest absolute Gasteiger partial charge is 0.321 e. The molecular weight excluding hydrogens is 310 g/mol. The quantitative estimate of drug-likeness (QED) is 0.697. The number of ether oxygens (including phenoxy) is 2. The van der Waals surface area contributed by atoms with E-state index in [9.17, 15) is 9.59 Å². The molecule has 1 aliphatic rings. The second-order valence-corrected chi connectivity index (χ2v) is 5.80. The molecule has 1 aromatic rings. The van der Waals surface area contributed by atoms with Gasteiger partial charge in [0.15, 0.2) is 6.54 Å². The highest BCUT2D eigenvalue weighted by molar-refractivity contribution is 5.94. The van der Waals surface area contributed by atoms with Gasteiger partial charge in [-0.1, -0.05) is 0 Å². The van der Waals surface area contributed by atoms with E-state index in [1.54, 1.807) is 21.1 Å². The molecule has 0 radical (unpaired) electrons. The number of urea groups is 1. The number of hydrogen-bond acceptors (Lipinski definition) is 4. The summed E-state index contributed by atoms with van der Waals surface area (Å²) in [5.41, 5.74) is 1.04. The molecule has 1 aliphatic heterocycles. The lowest BCUT2D eigenvalue weighted by atomic mass is 10.0. The van der Waals surface area contributed by atoms with Gasteiger partial charge in [0.1, 0.15) is 17.5 Å². The first-order chi connectivity index (χ1) is 11.6. The van der Waals surface area contributed by atoms with Gasteiger partial charge in [0.2, 0.25) is 0 Å². The Kier molecular flexibility index (Phi) is 6.43. The number of quaternary nitrogens is 1. The molecule has 0 aromatic heterocycles. The third-order valence-corrected chi connectivity index (χ3v) is 4.27. The van der Waals surface area contributed by atoms with Gasteiger partial charge in [-0.25, -0.2) is 4.79 Å². The molecule has 7 heteroatoms. The van der Waals surface area contributed by atoms with Gasteiger partial charge in [-0.3, -0.25) is 10.1 Å². The standard InChI is InChI=1S/C17H25N3O4/c1-4-18-17(22)19-16(21)11-20-9-5-6-14(20)13-10-12(23-2)7-8-15(13)24-3/h7-8,10,14H,4-6,9,11H2,1-3H3,(H2,18,19,21,22)/p+1/t14-/m1/s1. The summed E-state index contributed by atoms with van der Waals surface area (Å²) in [4.78, 5) is 24.7. The van der Waals surface area contributed by atoms with E-state index in [4.69, 9.17) is 9.47 Å². The second kappa shape index (κ2) is 8.54. The molecule has 1 saturated heterocycles. The van der Waals surface area contributed by atoms with Crippen LogP contribution in [0.5, 0.6) is 11.5 Å². The fourth-order valence-corrected chi connectivity index (χ4v) is 3.19. The predicted octanol–water partition coefficient (Wildman–Crippen LogP) is 0.269. The zero-order valence-electron chi connectivity index (χ0n) is 14.5. The van der Waals surface area contributed by atoms with Crippen LogP contribution in [0.4, 0.5) is 4.79 Å². The van der Waals surface area contributed by atoms with Crippen LogP contribution in [0.15, 0.2) is 18.2 Å². The molecule has 132 valence electrons. The number of amides is 3. The van der Waals surface area contributed by atoms with Gasteiger partial charge in [-0.15, -0.1) is 0 Å². The van der Waals surface area contributed by atoms with E-state index in [0.29, 0.717) is 6.54 Å².